The standard InChI is InChI=1S/C21H39N/c1-2-7-11-19-16-18-10-6-4-5-8-12-20(15-14-18)22-21(17-19)13-9-3-1/h18-22H,1-17H2. The second kappa shape index (κ2) is 9.30. The molecule has 3 aliphatic rings. The molecule has 4 bridgehead atoms. The van der Waals surface area contributed by atoms with Crippen molar-refractivity contribution >= 4 is 0 Å². The molecule has 3 rings (SSSR count). The van der Waals surface area contributed by atoms with Crippen molar-refractivity contribution in [3.8, 4) is 0 Å². The molecule has 1 heterocycles. The van der Waals surface area contributed by atoms with Gasteiger partial charge in [0.25, 0.3) is 0 Å². The molecule has 4 unspecified atom stereocenters. The summed E-state index contributed by atoms with van der Waals surface area (Å²) in [6, 6.07) is 1.68. The minimum atomic E-state index is 0.840. The fourth-order valence-corrected chi connectivity index (χ4v) is 5.47. The van der Waals surface area contributed by atoms with Crippen molar-refractivity contribution in [1.29, 1.82) is 0 Å². The lowest BCUT2D eigenvalue weighted by atomic mass is 9.81. The average molecular weight is 306 g/mol. The lowest BCUT2D eigenvalue weighted by Gasteiger charge is -2.28. The number of hydrogen-bond donors (Lipinski definition) is 1. The van der Waals surface area contributed by atoms with Gasteiger partial charge in [-0.05, 0) is 50.4 Å². The first-order chi connectivity index (χ1) is 10.9. The summed E-state index contributed by atoms with van der Waals surface area (Å²) in [5.74, 6) is 2.08. The Hall–Kier alpha value is -0.0400. The van der Waals surface area contributed by atoms with Crippen LogP contribution in [0.25, 0.3) is 0 Å². The van der Waals surface area contributed by atoms with Crippen LogP contribution >= 0.6 is 0 Å². The Kier molecular flexibility index (Phi) is 7.11. The van der Waals surface area contributed by atoms with Crippen LogP contribution in [-0.2, 0) is 0 Å². The fraction of sp³-hybridized carbons (Fsp3) is 1.00. The highest BCUT2D eigenvalue weighted by Crippen LogP contribution is 2.34. The van der Waals surface area contributed by atoms with Crippen molar-refractivity contribution < 1.29 is 0 Å². The molecule has 1 saturated heterocycles. The summed E-state index contributed by atoms with van der Waals surface area (Å²) in [5.41, 5.74) is 0. The summed E-state index contributed by atoms with van der Waals surface area (Å²) in [4.78, 5) is 0. The Morgan fingerprint density at radius 2 is 1.00 bits per heavy atom. The third-order valence-electron chi connectivity index (χ3n) is 6.76. The second-order valence-electron chi connectivity index (χ2n) is 8.68. The van der Waals surface area contributed by atoms with Crippen LogP contribution in [0.5, 0.6) is 0 Å². The van der Waals surface area contributed by atoms with Crippen molar-refractivity contribution in [1.82, 2.24) is 5.32 Å². The number of rotatable bonds is 0. The van der Waals surface area contributed by atoms with E-state index in [9.17, 15) is 0 Å². The van der Waals surface area contributed by atoms with Gasteiger partial charge in [-0.25, -0.2) is 0 Å². The highest BCUT2D eigenvalue weighted by molar-refractivity contribution is 4.83. The predicted octanol–water partition coefficient (Wildman–Crippen LogP) is 6.22. The van der Waals surface area contributed by atoms with Crippen LogP contribution in [0.4, 0.5) is 0 Å². The molecule has 2 aliphatic carbocycles. The van der Waals surface area contributed by atoms with Gasteiger partial charge in [-0.3, -0.25) is 0 Å². The van der Waals surface area contributed by atoms with E-state index in [2.05, 4.69) is 5.32 Å². The van der Waals surface area contributed by atoms with Gasteiger partial charge in [0.05, 0.1) is 0 Å². The Labute approximate surface area is 139 Å². The summed E-state index contributed by atoms with van der Waals surface area (Å²) in [5, 5.41) is 4.15. The zero-order valence-corrected chi connectivity index (χ0v) is 14.8. The maximum absolute atomic E-state index is 4.15. The molecule has 0 amide bonds. The zero-order chi connectivity index (χ0) is 15.0. The molecule has 3 fully saturated rings. The summed E-state index contributed by atoms with van der Waals surface area (Å²) >= 11 is 0. The van der Waals surface area contributed by atoms with Crippen LogP contribution in [0.2, 0.25) is 0 Å². The van der Waals surface area contributed by atoms with Gasteiger partial charge >= 0.3 is 0 Å². The molecular formula is C21H39N. The summed E-state index contributed by atoms with van der Waals surface area (Å²) in [6.45, 7) is 0. The molecule has 0 radical (unpaired) electrons. The largest absolute Gasteiger partial charge is 0.311 e. The minimum Gasteiger partial charge on any atom is -0.311 e. The van der Waals surface area contributed by atoms with E-state index in [0.717, 1.165) is 23.9 Å². The lowest BCUT2D eigenvalue weighted by Crippen LogP contribution is -2.39. The van der Waals surface area contributed by atoms with Gasteiger partial charge in [-0.2, -0.15) is 0 Å². The van der Waals surface area contributed by atoms with E-state index in [0.29, 0.717) is 0 Å². The van der Waals surface area contributed by atoms with Gasteiger partial charge in [-0.15, -0.1) is 0 Å². The molecule has 1 heteroatoms. The van der Waals surface area contributed by atoms with Gasteiger partial charge in [-0.1, -0.05) is 70.6 Å². The molecule has 128 valence electrons. The van der Waals surface area contributed by atoms with Crippen LogP contribution in [0.1, 0.15) is 109 Å². The van der Waals surface area contributed by atoms with E-state index in [1.165, 1.54) is 103 Å². The molecule has 1 aliphatic heterocycles. The highest BCUT2D eigenvalue weighted by Gasteiger charge is 2.26. The summed E-state index contributed by atoms with van der Waals surface area (Å²) in [6.07, 6.45) is 25.4. The normalized spacial score (nSPS) is 39.3. The van der Waals surface area contributed by atoms with Crippen LogP contribution < -0.4 is 5.32 Å². The fourth-order valence-electron chi connectivity index (χ4n) is 5.47. The van der Waals surface area contributed by atoms with Crippen molar-refractivity contribution in [2.45, 2.75) is 121 Å². The van der Waals surface area contributed by atoms with Crippen molar-refractivity contribution in [2.24, 2.45) is 11.8 Å². The van der Waals surface area contributed by atoms with Crippen LogP contribution in [-0.4, -0.2) is 12.1 Å². The van der Waals surface area contributed by atoms with Gasteiger partial charge in [0, 0.05) is 12.1 Å². The van der Waals surface area contributed by atoms with E-state index >= 15 is 0 Å². The monoisotopic (exact) mass is 305 g/mol. The van der Waals surface area contributed by atoms with Crippen molar-refractivity contribution in [3.05, 3.63) is 0 Å². The first-order valence-corrected chi connectivity index (χ1v) is 10.7. The number of nitrogens with one attached hydrogen (secondary N) is 1. The van der Waals surface area contributed by atoms with E-state index in [1.54, 1.807) is 6.42 Å². The third kappa shape index (κ3) is 5.55. The van der Waals surface area contributed by atoms with Gasteiger partial charge in [0.15, 0.2) is 0 Å². The van der Waals surface area contributed by atoms with E-state index < -0.39 is 0 Å². The number of fused-ring (bicyclic) bond motifs is 5. The second-order valence-corrected chi connectivity index (χ2v) is 8.68. The Bertz CT molecular complexity index is 272. The summed E-state index contributed by atoms with van der Waals surface area (Å²) < 4.78 is 0. The Morgan fingerprint density at radius 3 is 1.77 bits per heavy atom. The molecule has 1 nitrogen and oxygen atoms in total. The van der Waals surface area contributed by atoms with Crippen LogP contribution in [0.15, 0.2) is 0 Å². The predicted molar refractivity (Wildman–Crippen MR) is 96.2 cm³/mol. The molecule has 1 N–H and O–H groups in total. The number of hydrogen-bond acceptors (Lipinski definition) is 1. The Morgan fingerprint density at radius 1 is 0.409 bits per heavy atom. The molecule has 0 spiro atoms. The maximum atomic E-state index is 4.15. The van der Waals surface area contributed by atoms with Gasteiger partial charge in [0.2, 0.25) is 0 Å². The topological polar surface area (TPSA) is 12.0 Å². The van der Waals surface area contributed by atoms with Crippen molar-refractivity contribution in [3.63, 3.8) is 0 Å². The minimum absolute atomic E-state index is 0.840. The van der Waals surface area contributed by atoms with Crippen LogP contribution in [0, 0.1) is 11.8 Å². The SMILES string of the molecule is C1CCCC2CC3CCCCCCC(CC3)NC(CCC1)C2. The quantitative estimate of drug-likeness (QED) is 0.560. The molecule has 0 aromatic rings. The summed E-state index contributed by atoms with van der Waals surface area (Å²) in [7, 11) is 0. The molecule has 0 aromatic carbocycles. The molecule has 22 heavy (non-hydrogen) atoms. The van der Waals surface area contributed by atoms with E-state index in [-0.39, 0.29) is 0 Å². The van der Waals surface area contributed by atoms with Gasteiger partial charge in [0.1, 0.15) is 0 Å². The van der Waals surface area contributed by atoms with E-state index in [4.69, 9.17) is 0 Å². The average Bonchev–Trinajstić information content (AvgIpc) is 2.61. The smallest absolute Gasteiger partial charge is 0.00722 e. The highest BCUT2D eigenvalue weighted by atomic mass is 14.9. The lowest BCUT2D eigenvalue weighted by molar-refractivity contribution is 0.274. The molecule has 0 aromatic heterocycles. The van der Waals surface area contributed by atoms with Gasteiger partial charge < -0.3 is 5.32 Å². The molecular weight excluding hydrogens is 266 g/mol. The first kappa shape index (κ1) is 16.8. The first-order valence-electron chi connectivity index (χ1n) is 10.7. The van der Waals surface area contributed by atoms with Crippen LogP contribution in [0.3, 0.4) is 0 Å². The molecule has 4 atom stereocenters. The van der Waals surface area contributed by atoms with Crippen molar-refractivity contribution in [2.75, 3.05) is 0 Å². The molecule has 2 saturated carbocycles. The van der Waals surface area contributed by atoms with E-state index in [1.807, 2.05) is 0 Å². The maximum Gasteiger partial charge on any atom is 0.00722 e. The third-order valence-corrected chi connectivity index (χ3v) is 6.76. The zero-order valence-electron chi connectivity index (χ0n) is 14.8. The Balaban J connectivity index is 1.70.